The minimum Gasteiger partial charge on any atom is -0.489 e. The number of Topliss-reactive ketones (excluding diaryl/α,β-unsaturated/α-hetero) is 1. The Hall–Kier alpha value is -1.45. The molecule has 0 radical (unpaired) electrons. The molecule has 1 aliphatic heterocycles. The molecular weight excluding hydrogens is 190 g/mol. The zero-order valence-electron chi connectivity index (χ0n) is 7.51. The van der Waals surface area contributed by atoms with Gasteiger partial charge in [0.25, 0.3) is 0 Å². The van der Waals surface area contributed by atoms with E-state index >= 15 is 0 Å². The van der Waals surface area contributed by atoms with E-state index < -0.39 is 11.6 Å². The maximum atomic E-state index is 13.2. The number of ether oxygens (including phenoxy) is 1. The lowest BCUT2D eigenvalue weighted by molar-refractivity contribution is 0.0863. The second-order valence-electron chi connectivity index (χ2n) is 3.32. The Morgan fingerprint density at radius 2 is 2.14 bits per heavy atom. The van der Waals surface area contributed by atoms with Gasteiger partial charge in [0.15, 0.2) is 5.78 Å². The van der Waals surface area contributed by atoms with Gasteiger partial charge in [-0.05, 0) is 6.92 Å². The summed E-state index contributed by atoms with van der Waals surface area (Å²) in [5.41, 5.74) is -0.135. The lowest BCUT2D eigenvalue weighted by Crippen LogP contribution is -2.25. The molecule has 0 aromatic heterocycles. The predicted molar refractivity (Wildman–Crippen MR) is 45.4 cm³/mol. The fourth-order valence-electron chi connectivity index (χ4n) is 1.54. The third-order valence-electron chi connectivity index (χ3n) is 2.10. The predicted octanol–water partition coefficient (Wildman–Crippen LogP) is 2.32. The van der Waals surface area contributed by atoms with Gasteiger partial charge >= 0.3 is 0 Å². The molecule has 2 rings (SSSR count). The van der Waals surface area contributed by atoms with Crippen LogP contribution in [0.15, 0.2) is 12.1 Å². The van der Waals surface area contributed by atoms with E-state index in [0.717, 1.165) is 6.07 Å². The van der Waals surface area contributed by atoms with E-state index in [9.17, 15) is 13.6 Å². The number of rotatable bonds is 0. The zero-order chi connectivity index (χ0) is 10.3. The summed E-state index contributed by atoms with van der Waals surface area (Å²) in [4.78, 5) is 11.4. The van der Waals surface area contributed by atoms with Crippen molar-refractivity contribution in [3.63, 3.8) is 0 Å². The Morgan fingerprint density at radius 3 is 2.86 bits per heavy atom. The molecule has 0 saturated heterocycles. The van der Waals surface area contributed by atoms with Gasteiger partial charge in [0.05, 0.1) is 5.56 Å². The summed E-state index contributed by atoms with van der Waals surface area (Å²) < 4.78 is 31.1. The van der Waals surface area contributed by atoms with Crippen LogP contribution in [0.1, 0.15) is 23.7 Å². The minimum absolute atomic E-state index is 0.00579. The summed E-state index contributed by atoms with van der Waals surface area (Å²) in [6, 6.07) is 1.72. The van der Waals surface area contributed by atoms with Gasteiger partial charge in [-0.15, -0.1) is 0 Å². The van der Waals surface area contributed by atoms with Crippen molar-refractivity contribution in [2.75, 3.05) is 0 Å². The highest BCUT2D eigenvalue weighted by Crippen LogP contribution is 2.30. The molecule has 0 bridgehead atoms. The molecule has 0 aliphatic carbocycles. The van der Waals surface area contributed by atoms with Crippen molar-refractivity contribution in [2.24, 2.45) is 0 Å². The highest BCUT2D eigenvalue weighted by molar-refractivity contribution is 6.00. The van der Waals surface area contributed by atoms with Crippen molar-refractivity contribution in [1.29, 1.82) is 0 Å². The maximum Gasteiger partial charge on any atom is 0.173 e. The maximum absolute atomic E-state index is 13.2. The first-order valence-corrected chi connectivity index (χ1v) is 4.27. The largest absolute Gasteiger partial charge is 0.489 e. The third-order valence-corrected chi connectivity index (χ3v) is 2.10. The summed E-state index contributed by atoms with van der Waals surface area (Å²) in [5.74, 6) is -1.91. The van der Waals surface area contributed by atoms with Crippen LogP contribution in [-0.2, 0) is 0 Å². The quantitative estimate of drug-likeness (QED) is 0.639. The van der Waals surface area contributed by atoms with Crippen molar-refractivity contribution < 1.29 is 18.3 Å². The van der Waals surface area contributed by atoms with Gasteiger partial charge in [-0.1, -0.05) is 0 Å². The van der Waals surface area contributed by atoms with E-state index in [0.29, 0.717) is 6.07 Å². The fraction of sp³-hybridized carbons (Fsp3) is 0.300. The Kier molecular flexibility index (Phi) is 1.98. The van der Waals surface area contributed by atoms with Crippen molar-refractivity contribution in [3.8, 4) is 5.75 Å². The van der Waals surface area contributed by atoms with Crippen LogP contribution < -0.4 is 4.74 Å². The van der Waals surface area contributed by atoms with Crippen molar-refractivity contribution in [1.82, 2.24) is 0 Å². The fourth-order valence-corrected chi connectivity index (χ4v) is 1.54. The minimum atomic E-state index is -0.850. The lowest BCUT2D eigenvalue weighted by Gasteiger charge is -2.22. The summed E-state index contributed by atoms with van der Waals surface area (Å²) in [6.45, 7) is 1.68. The van der Waals surface area contributed by atoms with Crippen LogP contribution in [0.3, 0.4) is 0 Å². The molecule has 0 saturated carbocycles. The summed E-state index contributed by atoms with van der Waals surface area (Å²) >= 11 is 0. The zero-order valence-corrected chi connectivity index (χ0v) is 7.51. The van der Waals surface area contributed by atoms with Gasteiger partial charge in [0.1, 0.15) is 23.5 Å². The first-order valence-electron chi connectivity index (χ1n) is 4.27. The van der Waals surface area contributed by atoms with Crippen LogP contribution in [-0.4, -0.2) is 11.9 Å². The highest BCUT2D eigenvalue weighted by Gasteiger charge is 2.27. The molecular formula is C10H8F2O2. The summed E-state index contributed by atoms with van der Waals surface area (Å²) in [5, 5.41) is 0. The second kappa shape index (κ2) is 3.04. The molecule has 74 valence electrons. The second-order valence-corrected chi connectivity index (χ2v) is 3.32. The molecule has 0 spiro atoms. The van der Waals surface area contributed by atoms with E-state index in [1.807, 2.05) is 0 Å². The van der Waals surface area contributed by atoms with Crippen LogP contribution in [0.5, 0.6) is 5.75 Å². The highest BCUT2D eigenvalue weighted by atomic mass is 19.1. The normalized spacial score (nSPS) is 20.2. The smallest absolute Gasteiger partial charge is 0.173 e. The van der Waals surface area contributed by atoms with E-state index in [-0.39, 0.29) is 29.6 Å². The molecule has 2 nitrogen and oxygen atoms in total. The average molecular weight is 198 g/mol. The number of fused-ring (bicyclic) bond motifs is 1. The Morgan fingerprint density at radius 1 is 1.43 bits per heavy atom. The van der Waals surface area contributed by atoms with Crippen molar-refractivity contribution in [3.05, 3.63) is 29.3 Å². The number of carbonyl (C=O) groups excluding carboxylic acids is 1. The molecule has 1 atom stereocenters. The molecule has 0 amide bonds. The Balaban J connectivity index is 2.59. The van der Waals surface area contributed by atoms with Crippen molar-refractivity contribution >= 4 is 5.78 Å². The molecule has 1 aliphatic rings. The van der Waals surface area contributed by atoms with Crippen LogP contribution in [0.2, 0.25) is 0 Å². The average Bonchev–Trinajstić information content (AvgIpc) is 1.99. The van der Waals surface area contributed by atoms with Gasteiger partial charge in [-0.25, -0.2) is 8.78 Å². The first kappa shape index (κ1) is 9.12. The van der Waals surface area contributed by atoms with Gasteiger partial charge < -0.3 is 4.74 Å². The van der Waals surface area contributed by atoms with E-state index in [2.05, 4.69) is 0 Å². The topological polar surface area (TPSA) is 26.3 Å². The number of hydrogen-bond acceptors (Lipinski definition) is 2. The molecule has 1 unspecified atom stereocenters. The third kappa shape index (κ3) is 1.36. The van der Waals surface area contributed by atoms with Crippen LogP contribution in [0.4, 0.5) is 8.78 Å². The number of halogens is 2. The van der Waals surface area contributed by atoms with Crippen LogP contribution in [0.25, 0.3) is 0 Å². The number of hydrogen-bond donors (Lipinski definition) is 0. The van der Waals surface area contributed by atoms with Gasteiger partial charge in [0.2, 0.25) is 0 Å². The molecule has 1 aromatic rings. The standard InChI is InChI=1S/C10H8F2O2/c1-5-2-8(13)10-7(12)3-6(11)4-9(10)14-5/h3-5H,2H2,1H3. The monoisotopic (exact) mass is 198 g/mol. The number of benzene rings is 1. The lowest BCUT2D eigenvalue weighted by atomic mass is 10.0. The first-order chi connectivity index (χ1) is 6.58. The molecule has 14 heavy (non-hydrogen) atoms. The Labute approximate surface area is 79.5 Å². The Bertz CT molecular complexity index is 401. The van der Waals surface area contributed by atoms with Gasteiger partial charge in [-0.3, -0.25) is 4.79 Å². The summed E-state index contributed by atoms with van der Waals surface area (Å²) in [6.07, 6.45) is -0.188. The molecule has 0 N–H and O–H groups in total. The van der Waals surface area contributed by atoms with E-state index in [1.54, 1.807) is 6.92 Å². The van der Waals surface area contributed by atoms with Gasteiger partial charge in [0, 0.05) is 18.6 Å². The number of ketones is 1. The van der Waals surface area contributed by atoms with E-state index in [1.165, 1.54) is 0 Å². The molecule has 0 fully saturated rings. The molecule has 4 heteroatoms. The summed E-state index contributed by atoms with van der Waals surface area (Å²) in [7, 11) is 0. The van der Waals surface area contributed by atoms with Crippen LogP contribution in [0, 0.1) is 11.6 Å². The van der Waals surface area contributed by atoms with E-state index in [4.69, 9.17) is 4.74 Å². The molecule has 1 heterocycles. The SMILES string of the molecule is CC1CC(=O)c2c(F)cc(F)cc2O1. The number of carbonyl (C=O) groups is 1. The molecule has 1 aromatic carbocycles. The van der Waals surface area contributed by atoms with Crippen LogP contribution >= 0.6 is 0 Å². The van der Waals surface area contributed by atoms with Gasteiger partial charge in [-0.2, -0.15) is 0 Å². The van der Waals surface area contributed by atoms with Crippen molar-refractivity contribution in [2.45, 2.75) is 19.4 Å².